The van der Waals surface area contributed by atoms with Crippen LogP contribution in [-0.2, 0) is 23.8 Å². The van der Waals surface area contributed by atoms with Crippen LogP contribution in [-0.4, -0.2) is 16.2 Å². The van der Waals surface area contributed by atoms with E-state index in [1.165, 1.54) is 17.4 Å². The molecule has 0 spiro atoms. The van der Waals surface area contributed by atoms with Gasteiger partial charge in [-0.2, -0.15) is 24.5 Å². The van der Waals surface area contributed by atoms with Gasteiger partial charge in [-0.15, -0.1) is 0 Å². The minimum Gasteiger partial charge on any atom is -0.478 e. The third-order valence-corrected chi connectivity index (χ3v) is 5.18. The monoisotopic (exact) mass is 427 g/mol. The molecule has 2 aromatic heterocycles. The average Bonchev–Trinajstić information content (AvgIpc) is 3.30. The number of ether oxygens (including phenoxy) is 1. The Hall–Kier alpha value is -2.55. The highest BCUT2D eigenvalue weighted by atomic mass is 32.1. The number of aryl methyl sites for hydroxylation is 2. The van der Waals surface area contributed by atoms with Crippen molar-refractivity contribution in [1.82, 2.24) is 5.16 Å². The molecule has 3 rings (SSSR count). The van der Waals surface area contributed by atoms with E-state index in [0.29, 0.717) is 42.4 Å². The van der Waals surface area contributed by atoms with Crippen molar-refractivity contribution in [3.8, 4) is 5.75 Å². The molecule has 0 radical (unpaired) electrons. The Morgan fingerprint density at radius 2 is 2.03 bits per heavy atom. The van der Waals surface area contributed by atoms with Crippen molar-refractivity contribution in [2.45, 2.75) is 51.8 Å². The lowest BCUT2D eigenvalue weighted by Gasteiger charge is -2.20. The number of halogens is 3. The maximum Gasteiger partial charge on any atom is 0.437 e. The molecule has 1 unspecified atom stereocenters. The molecule has 1 N–H and O–H groups in total. The van der Waals surface area contributed by atoms with Crippen LogP contribution in [0.25, 0.3) is 11.0 Å². The first kappa shape index (κ1) is 21.2. The van der Waals surface area contributed by atoms with E-state index in [2.05, 4.69) is 5.16 Å². The van der Waals surface area contributed by atoms with Gasteiger partial charge in [0.1, 0.15) is 5.75 Å². The van der Waals surface area contributed by atoms with Crippen LogP contribution in [0.3, 0.4) is 0 Å². The largest absolute Gasteiger partial charge is 0.478 e. The fourth-order valence-electron chi connectivity index (χ4n) is 3.27. The molecule has 0 saturated carbocycles. The molecule has 29 heavy (non-hydrogen) atoms. The molecule has 0 aliphatic rings. The van der Waals surface area contributed by atoms with Crippen molar-refractivity contribution in [1.29, 1.82) is 0 Å². The van der Waals surface area contributed by atoms with Gasteiger partial charge >= 0.3 is 12.1 Å². The van der Waals surface area contributed by atoms with Crippen LogP contribution < -0.4 is 4.74 Å². The molecule has 9 heteroatoms. The van der Waals surface area contributed by atoms with Crippen molar-refractivity contribution < 1.29 is 32.3 Å². The number of thiophene rings is 1. The van der Waals surface area contributed by atoms with E-state index in [1.54, 1.807) is 16.8 Å². The highest BCUT2D eigenvalue weighted by Gasteiger charge is 2.38. The van der Waals surface area contributed by atoms with Gasteiger partial charge in [0, 0.05) is 11.1 Å². The summed E-state index contributed by atoms with van der Waals surface area (Å²) in [6.45, 7) is 3.76. The smallest absolute Gasteiger partial charge is 0.437 e. The number of rotatable bonds is 8. The van der Waals surface area contributed by atoms with Crippen LogP contribution >= 0.6 is 11.3 Å². The van der Waals surface area contributed by atoms with Crippen LogP contribution in [0.2, 0.25) is 0 Å². The minimum atomic E-state index is -4.65. The molecule has 3 aromatic rings. The molecule has 5 nitrogen and oxygen atoms in total. The van der Waals surface area contributed by atoms with Gasteiger partial charge in [0.15, 0.2) is 11.3 Å². The number of fused-ring (bicyclic) bond motifs is 1. The maximum absolute atomic E-state index is 13.4. The second-order valence-electron chi connectivity index (χ2n) is 6.64. The summed E-state index contributed by atoms with van der Waals surface area (Å²) in [6, 6.07) is 3.01. The molecule has 2 heterocycles. The average molecular weight is 427 g/mol. The van der Waals surface area contributed by atoms with Gasteiger partial charge in [-0.05, 0) is 41.3 Å². The van der Waals surface area contributed by atoms with Crippen LogP contribution in [0.1, 0.15) is 55.2 Å². The van der Waals surface area contributed by atoms with Crippen molar-refractivity contribution in [3.63, 3.8) is 0 Å². The third-order valence-electron chi connectivity index (χ3n) is 4.48. The zero-order chi connectivity index (χ0) is 21.2. The number of aliphatic carboxylic acids is 1. The topological polar surface area (TPSA) is 72.6 Å². The predicted octanol–water partition coefficient (Wildman–Crippen LogP) is 6.02. The summed E-state index contributed by atoms with van der Waals surface area (Å²) in [6.07, 6.45) is -3.86. The van der Waals surface area contributed by atoms with E-state index in [4.69, 9.17) is 9.26 Å². The number of nitrogens with zero attached hydrogens (tertiary/aromatic N) is 1. The lowest BCUT2D eigenvalue weighted by molar-refractivity contribution is -0.145. The number of aromatic nitrogens is 1. The number of carboxylic acids is 1. The number of alkyl halides is 3. The Balaban J connectivity index is 2.22. The van der Waals surface area contributed by atoms with Crippen LogP contribution in [0.4, 0.5) is 13.2 Å². The second-order valence-corrected chi connectivity index (χ2v) is 7.42. The second kappa shape index (κ2) is 8.44. The van der Waals surface area contributed by atoms with E-state index in [1.807, 2.05) is 13.8 Å². The Morgan fingerprint density at radius 1 is 1.31 bits per heavy atom. The fraction of sp³-hybridized carbons (Fsp3) is 0.400. The highest BCUT2D eigenvalue weighted by molar-refractivity contribution is 7.08. The number of hydrogen-bond donors (Lipinski definition) is 1. The van der Waals surface area contributed by atoms with E-state index in [9.17, 15) is 23.1 Å². The lowest BCUT2D eigenvalue weighted by atomic mass is 9.97. The summed E-state index contributed by atoms with van der Waals surface area (Å²) >= 11 is 1.34. The first-order valence-corrected chi connectivity index (χ1v) is 10.1. The Morgan fingerprint density at radius 3 is 2.59 bits per heavy atom. The number of hydrogen-bond acceptors (Lipinski definition) is 5. The summed E-state index contributed by atoms with van der Waals surface area (Å²) < 4.78 is 51.1. The van der Waals surface area contributed by atoms with E-state index >= 15 is 0 Å². The first-order chi connectivity index (χ1) is 13.8. The number of benzene rings is 1. The molecule has 0 aliphatic carbocycles. The van der Waals surface area contributed by atoms with Gasteiger partial charge in [-0.25, -0.2) is 4.79 Å². The Bertz CT molecular complexity index is 995. The van der Waals surface area contributed by atoms with Gasteiger partial charge in [0.25, 0.3) is 0 Å². The maximum atomic E-state index is 13.4. The zero-order valence-electron chi connectivity index (χ0n) is 15.9. The molecule has 0 bridgehead atoms. The first-order valence-electron chi connectivity index (χ1n) is 9.20. The van der Waals surface area contributed by atoms with Gasteiger partial charge in [-0.3, -0.25) is 0 Å². The van der Waals surface area contributed by atoms with Crippen LogP contribution in [0.5, 0.6) is 5.75 Å². The predicted molar refractivity (Wildman–Crippen MR) is 102 cm³/mol. The minimum absolute atomic E-state index is 0.0107. The van der Waals surface area contributed by atoms with Crippen LogP contribution in [0.15, 0.2) is 27.4 Å². The van der Waals surface area contributed by atoms with Crippen molar-refractivity contribution in [2.24, 2.45) is 0 Å². The molecule has 0 aliphatic heterocycles. The summed E-state index contributed by atoms with van der Waals surface area (Å²) in [5, 5.41) is 16.2. The van der Waals surface area contributed by atoms with Crippen molar-refractivity contribution >= 4 is 28.3 Å². The lowest BCUT2D eigenvalue weighted by Crippen LogP contribution is -2.19. The Labute approximate surface area is 169 Å². The highest BCUT2D eigenvalue weighted by Crippen LogP contribution is 2.42. The van der Waals surface area contributed by atoms with Crippen LogP contribution in [0, 0.1) is 0 Å². The number of carboxylic acid groups (broad SMARTS) is 1. The third kappa shape index (κ3) is 4.24. The molecule has 0 fully saturated rings. The number of carbonyl (C=O) groups is 1. The molecule has 156 valence electrons. The molecular weight excluding hydrogens is 407 g/mol. The standard InChI is InChI=1S/C20H20F3NO4S/c1-3-5-11-9-14-17(28-24-18(14)20(21,22)23)13(6-4-2)15(11)27-16(19(25)26)12-7-8-29-10-12/h7-10,16H,3-6H2,1-2H3,(H,25,26). The Kier molecular flexibility index (Phi) is 6.16. The van der Waals surface area contributed by atoms with Gasteiger partial charge < -0.3 is 14.4 Å². The summed E-state index contributed by atoms with van der Waals surface area (Å²) in [7, 11) is 0. The van der Waals surface area contributed by atoms with Crippen molar-refractivity contribution in [3.05, 3.63) is 45.3 Å². The summed E-state index contributed by atoms with van der Waals surface area (Å²) in [5.74, 6) is -0.911. The molecule has 0 saturated heterocycles. The quantitative estimate of drug-likeness (QED) is 0.476. The van der Waals surface area contributed by atoms with Gasteiger partial charge in [0.05, 0.1) is 5.39 Å². The summed E-state index contributed by atoms with van der Waals surface area (Å²) in [4.78, 5) is 11.8. The van der Waals surface area contributed by atoms with Gasteiger partial charge in [-0.1, -0.05) is 31.8 Å². The van der Waals surface area contributed by atoms with Gasteiger partial charge in [0.2, 0.25) is 6.10 Å². The van der Waals surface area contributed by atoms with E-state index < -0.39 is 23.9 Å². The molecular formula is C20H20F3NO4S. The SMILES string of the molecule is CCCc1cc2c(C(F)(F)F)noc2c(CCC)c1OC(C(=O)O)c1ccsc1. The fourth-order valence-corrected chi connectivity index (χ4v) is 3.95. The zero-order valence-corrected chi connectivity index (χ0v) is 16.7. The molecule has 1 atom stereocenters. The summed E-state index contributed by atoms with van der Waals surface area (Å²) in [5.41, 5.74) is 0.308. The molecule has 0 amide bonds. The molecule has 1 aromatic carbocycles. The normalized spacial score (nSPS) is 13.0. The van der Waals surface area contributed by atoms with Crippen molar-refractivity contribution in [2.75, 3.05) is 0 Å². The van der Waals surface area contributed by atoms with E-state index in [-0.39, 0.29) is 16.7 Å². The van der Waals surface area contributed by atoms with E-state index in [0.717, 1.165) is 0 Å².